The molecule has 0 amide bonds. The molecule has 1 aliphatic carbocycles. The summed E-state index contributed by atoms with van der Waals surface area (Å²) in [7, 11) is 0. The highest BCUT2D eigenvalue weighted by Gasteiger charge is 2.19. The Morgan fingerprint density at radius 3 is 2.14 bits per heavy atom. The summed E-state index contributed by atoms with van der Waals surface area (Å²) in [6.45, 7) is 18.0. The van der Waals surface area contributed by atoms with E-state index in [1.165, 1.54) is 34.3 Å². The Bertz CT molecular complexity index is 516. The van der Waals surface area contributed by atoms with Crippen molar-refractivity contribution in [3.63, 3.8) is 0 Å². The van der Waals surface area contributed by atoms with Crippen LogP contribution in [0.4, 0.5) is 0 Å². The normalized spacial score (nSPS) is 16.7. The third-order valence-corrected chi connectivity index (χ3v) is 3.68. The standard InChI is InChI=1S/C20H26.C2H6/c1-6-10-13-17(9-4)19-14-11-15-20(19)18(12-7-2)16(5)8-3;1-2/h6-10,12-13H,1,3,11,14-15H2,2,4-5H3;1-2H3/b12-7-,13-10-,17-9+,18-16+;. The number of rotatable bonds is 6. The maximum Gasteiger partial charge on any atom is -0.0196 e. The Kier molecular flexibility index (Phi) is 10.8. The summed E-state index contributed by atoms with van der Waals surface area (Å²) < 4.78 is 0. The van der Waals surface area contributed by atoms with E-state index in [9.17, 15) is 0 Å². The minimum atomic E-state index is 1.15. The molecule has 1 rings (SSSR count). The fourth-order valence-corrected chi connectivity index (χ4v) is 2.65. The monoisotopic (exact) mass is 296 g/mol. The van der Waals surface area contributed by atoms with Crippen molar-refractivity contribution in [3.8, 4) is 0 Å². The van der Waals surface area contributed by atoms with Crippen molar-refractivity contribution in [2.24, 2.45) is 0 Å². The molecule has 0 aromatic carbocycles. The largest absolute Gasteiger partial charge is 0.0991 e. The quantitative estimate of drug-likeness (QED) is 0.452. The number of hydrogen-bond donors (Lipinski definition) is 0. The Hall–Kier alpha value is -1.82. The van der Waals surface area contributed by atoms with Crippen molar-refractivity contribution in [2.45, 2.75) is 53.9 Å². The van der Waals surface area contributed by atoms with Gasteiger partial charge in [0, 0.05) is 0 Å². The third-order valence-electron chi connectivity index (χ3n) is 3.68. The van der Waals surface area contributed by atoms with Crippen LogP contribution < -0.4 is 0 Å². The minimum absolute atomic E-state index is 1.15. The van der Waals surface area contributed by atoms with Crippen molar-refractivity contribution in [1.29, 1.82) is 0 Å². The van der Waals surface area contributed by atoms with Gasteiger partial charge < -0.3 is 0 Å². The summed E-state index contributed by atoms with van der Waals surface area (Å²) in [6.07, 6.45) is 18.0. The smallest absolute Gasteiger partial charge is 0.0196 e. The fourth-order valence-electron chi connectivity index (χ4n) is 2.65. The Balaban J connectivity index is 0.00000211. The van der Waals surface area contributed by atoms with Gasteiger partial charge in [0.05, 0.1) is 0 Å². The van der Waals surface area contributed by atoms with E-state index in [1.54, 1.807) is 0 Å². The molecule has 0 heterocycles. The Morgan fingerprint density at radius 1 is 1.00 bits per heavy atom. The van der Waals surface area contributed by atoms with E-state index >= 15 is 0 Å². The van der Waals surface area contributed by atoms with Crippen molar-refractivity contribution >= 4 is 0 Å². The molecule has 0 atom stereocenters. The second kappa shape index (κ2) is 11.8. The van der Waals surface area contributed by atoms with Crippen LogP contribution in [0.15, 0.2) is 83.6 Å². The van der Waals surface area contributed by atoms with E-state index in [2.05, 4.69) is 58.2 Å². The van der Waals surface area contributed by atoms with Crippen LogP contribution in [0.2, 0.25) is 0 Å². The van der Waals surface area contributed by atoms with Gasteiger partial charge >= 0.3 is 0 Å². The van der Waals surface area contributed by atoms with Gasteiger partial charge in [-0.2, -0.15) is 0 Å². The molecule has 0 fully saturated rings. The summed E-state index contributed by atoms with van der Waals surface area (Å²) in [5.74, 6) is 0. The molecule has 0 saturated heterocycles. The molecule has 0 N–H and O–H groups in total. The molecule has 0 radical (unpaired) electrons. The summed E-state index contributed by atoms with van der Waals surface area (Å²) in [4.78, 5) is 0. The lowest BCUT2D eigenvalue weighted by Gasteiger charge is -2.12. The van der Waals surface area contributed by atoms with Crippen LogP contribution in [0.3, 0.4) is 0 Å². The SMILES string of the molecule is C=C/C=C\C(=C/C)C1=C(C(/C=C\C)=C(\C)C=C)CCC1.CC. The molecule has 0 heteroatoms. The summed E-state index contributed by atoms with van der Waals surface area (Å²) >= 11 is 0. The van der Waals surface area contributed by atoms with Gasteiger partial charge in [0.2, 0.25) is 0 Å². The van der Waals surface area contributed by atoms with Crippen molar-refractivity contribution in [3.05, 3.63) is 83.6 Å². The Morgan fingerprint density at radius 2 is 1.64 bits per heavy atom. The van der Waals surface area contributed by atoms with Gasteiger partial charge in [-0.25, -0.2) is 0 Å². The average Bonchev–Trinajstić information content (AvgIpc) is 3.03. The van der Waals surface area contributed by atoms with E-state index in [1.807, 2.05) is 32.1 Å². The molecule has 0 spiro atoms. The highest BCUT2D eigenvalue weighted by atomic mass is 14.2. The van der Waals surface area contributed by atoms with Gasteiger partial charge in [-0.1, -0.05) is 69.5 Å². The molecular weight excluding hydrogens is 264 g/mol. The predicted molar refractivity (Wildman–Crippen MR) is 103 cm³/mol. The molecule has 120 valence electrons. The molecule has 22 heavy (non-hydrogen) atoms. The average molecular weight is 296 g/mol. The molecule has 0 saturated carbocycles. The third kappa shape index (κ3) is 5.52. The van der Waals surface area contributed by atoms with Crippen LogP contribution in [0.25, 0.3) is 0 Å². The summed E-state index contributed by atoms with van der Waals surface area (Å²) in [6, 6.07) is 0. The van der Waals surface area contributed by atoms with Gasteiger partial charge in [0.15, 0.2) is 0 Å². The number of hydrogen-bond acceptors (Lipinski definition) is 0. The van der Waals surface area contributed by atoms with Crippen LogP contribution in [0, 0.1) is 0 Å². The first-order chi connectivity index (χ1) is 10.7. The van der Waals surface area contributed by atoms with Crippen LogP contribution in [0.1, 0.15) is 53.9 Å². The van der Waals surface area contributed by atoms with E-state index < -0.39 is 0 Å². The highest BCUT2D eigenvalue weighted by Crippen LogP contribution is 2.37. The molecule has 0 unspecified atom stereocenters. The van der Waals surface area contributed by atoms with Gasteiger partial charge in [-0.15, -0.1) is 0 Å². The first-order valence-corrected chi connectivity index (χ1v) is 8.33. The van der Waals surface area contributed by atoms with E-state index in [4.69, 9.17) is 0 Å². The predicted octanol–water partition coefficient (Wildman–Crippen LogP) is 7.26. The molecule has 0 aliphatic heterocycles. The van der Waals surface area contributed by atoms with Crippen LogP contribution in [-0.4, -0.2) is 0 Å². The van der Waals surface area contributed by atoms with E-state index in [0.29, 0.717) is 0 Å². The van der Waals surface area contributed by atoms with Gasteiger partial charge in [-0.05, 0) is 67.9 Å². The van der Waals surface area contributed by atoms with Crippen molar-refractivity contribution in [1.82, 2.24) is 0 Å². The van der Waals surface area contributed by atoms with Gasteiger partial charge in [-0.3, -0.25) is 0 Å². The van der Waals surface area contributed by atoms with Crippen molar-refractivity contribution in [2.75, 3.05) is 0 Å². The van der Waals surface area contributed by atoms with Crippen LogP contribution in [-0.2, 0) is 0 Å². The first-order valence-electron chi connectivity index (χ1n) is 8.33. The van der Waals surface area contributed by atoms with Gasteiger partial charge in [0.25, 0.3) is 0 Å². The second-order valence-corrected chi connectivity index (χ2v) is 4.95. The zero-order valence-corrected chi connectivity index (χ0v) is 15.1. The zero-order chi connectivity index (χ0) is 17.0. The lowest BCUT2D eigenvalue weighted by molar-refractivity contribution is 0.899. The summed E-state index contributed by atoms with van der Waals surface area (Å²) in [5.41, 5.74) is 6.85. The lowest BCUT2D eigenvalue weighted by Crippen LogP contribution is -1.93. The molecule has 0 bridgehead atoms. The van der Waals surface area contributed by atoms with Crippen LogP contribution in [0.5, 0.6) is 0 Å². The highest BCUT2D eigenvalue weighted by molar-refractivity contribution is 5.56. The first kappa shape index (κ1) is 20.2. The topological polar surface area (TPSA) is 0 Å². The molecule has 1 aliphatic rings. The minimum Gasteiger partial charge on any atom is -0.0991 e. The zero-order valence-electron chi connectivity index (χ0n) is 15.1. The van der Waals surface area contributed by atoms with Crippen LogP contribution >= 0.6 is 0 Å². The van der Waals surface area contributed by atoms with Crippen molar-refractivity contribution < 1.29 is 0 Å². The van der Waals surface area contributed by atoms with Gasteiger partial charge in [0.1, 0.15) is 0 Å². The maximum atomic E-state index is 3.92. The van der Waals surface area contributed by atoms with E-state index in [0.717, 1.165) is 12.8 Å². The summed E-state index contributed by atoms with van der Waals surface area (Å²) in [5, 5.41) is 0. The lowest BCUT2D eigenvalue weighted by atomic mass is 9.93. The molecular formula is C22H32. The second-order valence-electron chi connectivity index (χ2n) is 4.95. The maximum absolute atomic E-state index is 3.92. The molecule has 0 nitrogen and oxygen atoms in total. The molecule has 0 aromatic rings. The van der Waals surface area contributed by atoms with E-state index in [-0.39, 0.29) is 0 Å². The fraction of sp³-hybridized carbons (Fsp3) is 0.364. The number of allylic oxidation sites excluding steroid dienone is 12. The molecule has 0 aromatic heterocycles. The Labute approximate surface area is 138 Å².